The van der Waals surface area contributed by atoms with Crippen molar-refractivity contribution in [3.63, 3.8) is 0 Å². The number of amides is 1. The van der Waals surface area contributed by atoms with Crippen LogP contribution in [0.4, 0.5) is 0 Å². The molecule has 0 N–H and O–H groups in total. The van der Waals surface area contributed by atoms with E-state index in [-0.39, 0.29) is 11.9 Å². The van der Waals surface area contributed by atoms with Gasteiger partial charge in [0, 0.05) is 16.6 Å². The minimum Gasteiger partial charge on any atom is -0.328 e. The highest BCUT2D eigenvalue weighted by Crippen LogP contribution is 2.32. The molecule has 0 saturated heterocycles. The summed E-state index contributed by atoms with van der Waals surface area (Å²) < 4.78 is 1.02. The lowest BCUT2D eigenvalue weighted by Gasteiger charge is -2.24. The van der Waals surface area contributed by atoms with Crippen LogP contribution < -0.4 is 0 Å². The Balaban J connectivity index is 1.92. The molecule has 0 bridgehead atoms. The van der Waals surface area contributed by atoms with Crippen LogP contribution in [0.2, 0.25) is 0 Å². The van der Waals surface area contributed by atoms with Crippen molar-refractivity contribution in [3.8, 4) is 0 Å². The van der Waals surface area contributed by atoms with Crippen LogP contribution in [0.5, 0.6) is 0 Å². The highest BCUT2D eigenvalue weighted by molar-refractivity contribution is 9.10. The largest absolute Gasteiger partial charge is 0.328 e. The van der Waals surface area contributed by atoms with Crippen molar-refractivity contribution in [3.05, 3.63) is 69.7 Å². The van der Waals surface area contributed by atoms with Gasteiger partial charge in [0.1, 0.15) is 0 Å². The van der Waals surface area contributed by atoms with Crippen molar-refractivity contribution in [2.45, 2.75) is 19.5 Å². The van der Waals surface area contributed by atoms with Crippen molar-refractivity contribution < 1.29 is 4.79 Å². The van der Waals surface area contributed by atoms with Gasteiger partial charge in [0.25, 0.3) is 5.91 Å². The van der Waals surface area contributed by atoms with E-state index in [0.717, 1.165) is 15.6 Å². The Labute approximate surface area is 121 Å². The second-order valence-electron chi connectivity index (χ2n) is 4.82. The number of hydrogen-bond acceptors (Lipinski definition) is 1. The van der Waals surface area contributed by atoms with Gasteiger partial charge in [-0.1, -0.05) is 46.3 Å². The Morgan fingerprint density at radius 1 is 1.16 bits per heavy atom. The van der Waals surface area contributed by atoms with E-state index in [9.17, 15) is 4.79 Å². The molecule has 0 spiro atoms. The van der Waals surface area contributed by atoms with Crippen molar-refractivity contribution in [1.29, 1.82) is 0 Å². The van der Waals surface area contributed by atoms with Gasteiger partial charge in [-0.2, -0.15) is 0 Å². The number of carbonyl (C=O) groups is 1. The molecule has 1 heterocycles. The fourth-order valence-electron chi connectivity index (χ4n) is 2.54. The number of rotatable bonds is 2. The first-order valence-corrected chi connectivity index (χ1v) is 7.10. The second kappa shape index (κ2) is 4.82. The maximum Gasteiger partial charge on any atom is 0.255 e. The third-order valence-electron chi connectivity index (χ3n) is 3.65. The van der Waals surface area contributed by atoms with Gasteiger partial charge in [-0.25, -0.2) is 0 Å². The van der Waals surface area contributed by atoms with Crippen molar-refractivity contribution in [1.82, 2.24) is 4.90 Å². The number of fused-ring (bicyclic) bond motifs is 1. The minimum absolute atomic E-state index is 0.0971. The molecule has 2 aromatic rings. The van der Waals surface area contributed by atoms with Gasteiger partial charge in [0.05, 0.1) is 6.04 Å². The molecule has 2 aromatic carbocycles. The topological polar surface area (TPSA) is 20.3 Å². The van der Waals surface area contributed by atoms with Gasteiger partial charge in [0.2, 0.25) is 0 Å². The van der Waals surface area contributed by atoms with E-state index in [0.29, 0.717) is 6.54 Å². The molecule has 1 aliphatic heterocycles. The minimum atomic E-state index is 0.0971. The zero-order valence-corrected chi connectivity index (χ0v) is 12.2. The summed E-state index contributed by atoms with van der Waals surface area (Å²) in [6.07, 6.45) is 0. The van der Waals surface area contributed by atoms with Crippen LogP contribution in [0.1, 0.15) is 34.5 Å². The zero-order valence-electron chi connectivity index (χ0n) is 10.6. The highest BCUT2D eigenvalue weighted by Gasteiger charge is 2.31. The predicted molar refractivity (Wildman–Crippen MR) is 78.9 cm³/mol. The smallest absolute Gasteiger partial charge is 0.255 e. The van der Waals surface area contributed by atoms with Gasteiger partial charge < -0.3 is 4.90 Å². The molecule has 19 heavy (non-hydrogen) atoms. The monoisotopic (exact) mass is 315 g/mol. The number of halogens is 1. The van der Waals surface area contributed by atoms with E-state index in [1.54, 1.807) is 0 Å². The fourth-order valence-corrected chi connectivity index (χ4v) is 2.94. The number of hydrogen-bond donors (Lipinski definition) is 0. The Morgan fingerprint density at radius 2 is 1.89 bits per heavy atom. The molecule has 96 valence electrons. The summed E-state index contributed by atoms with van der Waals surface area (Å²) in [4.78, 5) is 14.4. The summed E-state index contributed by atoms with van der Waals surface area (Å²) in [5.41, 5.74) is 3.09. The van der Waals surface area contributed by atoms with E-state index in [1.807, 2.05) is 41.3 Å². The molecular formula is C16H14BrNO. The van der Waals surface area contributed by atoms with Crippen molar-refractivity contribution in [2.24, 2.45) is 0 Å². The summed E-state index contributed by atoms with van der Waals surface area (Å²) in [5.74, 6) is 0.124. The summed E-state index contributed by atoms with van der Waals surface area (Å²) in [5, 5.41) is 0. The Kier molecular flexibility index (Phi) is 3.15. The molecule has 1 amide bonds. The molecule has 2 nitrogen and oxygen atoms in total. The molecule has 1 atom stereocenters. The van der Waals surface area contributed by atoms with Crippen LogP contribution in [0.15, 0.2) is 53.0 Å². The average molecular weight is 316 g/mol. The van der Waals surface area contributed by atoms with Gasteiger partial charge >= 0.3 is 0 Å². The van der Waals surface area contributed by atoms with Crippen molar-refractivity contribution in [2.75, 3.05) is 0 Å². The van der Waals surface area contributed by atoms with E-state index in [1.165, 1.54) is 5.56 Å². The Hall–Kier alpha value is -1.61. The molecular weight excluding hydrogens is 302 g/mol. The molecule has 0 saturated carbocycles. The molecule has 3 rings (SSSR count). The van der Waals surface area contributed by atoms with Crippen LogP contribution >= 0.6 is 15.9 Å². The molecule has 1 unspecified atom stereocenters. The van der Waals surface area contributed by atoms with Gasteiger partial charge in [-0.15, -0.1) is 0 Å². The molecule has 0 aliphatic carbocycles. The lowest BCUT2D eigenvalue weighted by Crippen LogP contribution is -2.27. The summed E-state index contributed by atoms with van der Waals surface area (Å²) in [7, 11) is 0. The third kappa shape index (κ3) is 2.19. The lowest BCUT2D eigenvalue weighted by molar-refractivity contribution is 0.0716. The van der Waals surface area contributed by atoms with Gasteiger partial charge in [-0.05, 0) is 36.2 Å². The van der Waals surface area contributed by atoms with Crippen LogP contribution in [0.25, 0.3) is 0 Å². The highest BCUT2D eigenvalue weighted by atomic mass is 79.9. The van der Waals surface area contributed by atoms with Crippen LogP contribution in [-0.2, 0) is 6.54 Å². The fraction of sp³-hybridized carbons (Fsp3) is 0.188. The van der Waals surface area contributed by atoms with Crippen LogP contribution in [-0.4, -0.2) is 10.8 Å². The predicted octanol–water partition coefficient (Wildman–Crippen LogP) is 4.17. The van der Waals surface area contributed by atoms with E-state index < -0.39 is 0 Å². The maximum absolute atomic E-state index is 12.4. The third-order valence-corrected chi connectivity index (χ3v) is 4.14. The second-order valence-corrected chi connectivity index (χ2v) is 5.74. The maximum atomic E-state index is 12.4. The van der Waals surface area contributed by atoms with Crippen LogP contribution in [0, 0.1) is 0 Å². The Bertz CT molecular complexity index is 624. The quantitative estimate of drug-likeness (QED) is 0.814. The van der Waals surface area contributed by atoms with Crippen molar-refractivity contribution >= 4 is 21.8 Å². The number of nitrogens with zero attached hydrogens (tertiary/aromatic N) is 1. The standard InChI is InChI=1S/C16H14BrNO/c1-11(12-5-3-2-4-6-12)18-10-13-9-14(17)7-8-15(13)16(18)19/h2-9,11H,10H2,1H3. The molecule has 0 fully saturated rings. The Morgan fingerprint density at radius 3 is 2.63 bits per heavy atom. The average Bonchev–Trinajstić information content (AvgIpc) is 2.75. The first-order chi connectivity index (χ1) is 9.16. The first kappa shape index (κ1) is 12.4. The molecule has 3 heteroatoms. The summed E-state index contributed by atoms with van der Waals surface area (Å²) >= 11 is 3.46. The summed E-state index contributed by atoms with van der Waals surface area (Å²) in [6, 6.07) is 16.1. The normalized spacial score (nSPS) is 15.5. The van der Waals surface area contributed by atoms with Crippen LogP contribution in [0.3, 0.4) is 0 Å². The summed E-state index contributed by atoms with van der Waals surface area (Å²) in [6.45, 7) is 2.76. The van der Waals surface area contributed by atoms with E-state index >= 15 is 0 Å². The number of carbonyl (C=O) groups excluding carboxylic acids is 1. The van der Waals surface area contributed by atoms with Gasteiger partial charge in [-0.3, -0.25) is 4.79 Å². The number of benzene rings is 2. The zero-order chi connectivity index (χ0) is 13.4. The first-order valence-electron chi connectivity index (χ1n) is 6.31. The van der Waals surface area contributed by atoms with E-state index in [4.69, 9.17) is 0 Å². The van der Waals surface area contributed by atoms with E-state index in [2.05, 4.69) is 35.0 Å². The SMILES string of the molecule is CC(c1ccccc1)N1Cc2cc(Br)ccc2C1=O. The molecule has 1 aliphatic rings. The lowest BCUT2D eigenvalue weighted by atomic mass is 10.1. The molecule has 0 radical (unpaired) electrons. The molecule has 0 aromatic heterocycles. The van der Waals surface area contributed by atoms with Gasteiger partial charge in [0.15, 0.2) is 0 Å².